The maximum Gasteiger partial charge on any atom is 0.270 e. The van der Waals surface area contributed by atoms with Crippen molar-refractivity contribution in [1.29, 1.82) is 0 Å². The van der Waals surface area contributed by atoms with Gasteiger partial charge in [-0.25, -0.2) is 9.97 Å². The lowest BCUT2D eigenvalue weighted by molar-refractivity contribution is 0.0753. The highest BCUT2D eigenvalue weighted by Gasteiger charge is 2.24. The molecule has 0 fully saturated rings. The first-order valence-corrected chi connectivity index (χ1v) is 8.00. The Hall–Kier alpha value is -2.89. The number of hydrogen-bond acceptors (Lipinski definition) is 4. The lowest BCUT2D eigenvalue weighted by Crippen LogP contribution is -2.34. The maximum absolute atomic E-state index is 12.8. The predicted octanol–water partition coefficient (Wildman–Crippen LogP) is 2.32. The maximum atomic E-state index is 12.8. The Labute approximate surface area is 139 Å². The third-order valence-electron chi connectivity index (χ3n) is 4.53. The largest absolute Gasteiger partial charge is 0.472 e. The number of rotatable bonds is 2. The van der Waals surface area contributed by atoms with Gasteiger partial charge in [0.2, 0.25) is 0 Å². The zero-order valence-corrected chi connectivity index (χ0v) is 13.5. The molecule has 0 radical (unpaired) electrons. The third kappa shape index (κ3) is 2.50. The summed E-state index contributed by atoms with van der Waals surface area (Å²) in [6.07, 6.45) is 8.30. The van der Waals surface area contributed by atoms with Crippen LogP contribution < -0.4 is 0 Å². The summed E-state index contributed by atoms with van der Waals surface area (Å²) in [6, 6.07) is 5.65. The van der Waals surface area contributed by atoms with E-state index in [0.717, 1.165) is 35.4 Å². The summed E-state index contributed by atoms with van der Waals surface area (Å²) in [5.41, 5.74) is 4.70. The molecule has 4 rings (SSSR count). The van der Waals surface area contributed by atoms with Crippen LogP contribution in [-0.2, 0) is 19.9 Å². The van der Waals surface area contributed by atoms with Crippen LogP contribution in [0.2, 0.25) is 0 Å². The third-order valence-corrected chi connectivity index (χ3v) is 4.53. The standard InChI is InChI=1S/C18H18N4O2/c1-21-7-2-3-16(21)18(23)22-8-4-14-15(5-9-22)19-12-20-17(14)13-6-10-24-11-13/h2-3,6-7,10-12H,4-5,8-9H2,1H3. The second-order valence-electron chi connectivity index (χ2n) is 5.96. The molecule has 0 N–H and O–H groups in total. The highest BCUT2D eigenvalue weighted by atomic mass is 16.3. The fraction of sp³-hybridized carbons (Fsp3) is 0.278. The van der Waals surface area contributed by atoms with Crippen LogP contribution in [0.25, 0.3) is 11.3 Å². The SMILES string of the molecule is Cn1cccc1C(=O)N1CCc2ncnc(-c3ccoc3)c2CC1. The van der Waals surface area contributed by atoms with Gasteiger partial charge < -0.3 is 13.9 Å². The molecule has 4 heterocycles. The molecule has 1 amide bonds. The first kappa shape index (κ1) is 14.7. The Morgan fingerprint density at radius 2 is 2.08 bits per heavy atom. The molecule has 0 bridgehead atoms. The van der Waals surface area contributed by atoms with E-state index < -0.39 is 0 Å². The molecular formula is C18H18N4O2. The Bertz CT molecular complexity index is 867. The Morgan fingerprint density at radius 3 is 2.83 bits per heavy atom. The molecule has 1 aliphatic rings. The van der Waals surface area contributed by atoms with Crippen molar-refractivity contribution in [2.24, 2.45) is 7.05 Å². The van der Waals surface area contributed by atoms with Gasteiger partial charge in [-0.1, -0.05) is 0 Å². The summed E-state index contributed by atoms with van der Waals surface area (Å²) in [5.74, 6) is 0.0631. The van der Waals surface area contributed by atoms with E-state index in [1.807, 2.05) is 40.9 Å². The molecule has 6 heteroatoms. The number of aryl methyl sites for hydroxylation is 1. The van der Waals surface area contributed by atoms with E-state index in [1.165, 1.54) is 0 Å². The number of furan rings is 1. The molecule has 0 spiro atoms. The summed E-state index contributed by atoms with van der Waals surface area (Å²) < 4.78 is 7.04. The van der Waals surface area contributed by atoms with Crippen molar-refractivity contribution in [3.05, 3.63) is 60.2 Å². The van der Waals surface area contributed by atoms with E-state index in [-0.39, 0.29) is 5.91 Å². The number of fused-ring (bicyclic) bond motifs is 1. The van der Waals surface area contributed by atoms with Crippen molar-refractivity contribution >= 4 is 5.91 Å². The highest BCUT2D eigenvalue weighted by molar-refractivity contribution is 5.92. The minimum absolute atomic E-state index is 0.0631. The number of carbonyl (C=O) groups excluding carboxylic acids is 1. The van der Waals surface area contributed by atoms with Gasteiger partial charge in [0.05, 0.1) is 18.2 Å². The van der Waals surface area contributed by atoms with Crippen LogP contribution in [0.15, 0.2) is 47.7 Å². The molecule has 0 aromatic carbocycles. The summed E-state index contributed by atoms with van der Waals surface area (Å²) in [5, 5.41) is 0. The second-order valence-corrected chi connectivity index (χ2v) is 5.96. The van der Waals surface area contributed by atoms with Crippen molar-refractivity contribution in [1.82, 2.24) is 19.4 Å². The van der Waals surface area contributed by atoms with Crippen LogP contribution in [-0.4, -0.2) is 38.4 Å². The minimum Gasteiger partial charge on any atom is -0.472 e. The molecule has 0 aliphatic carbocycles. The first-order chi connectivity index (χ1) is 11.7. The van der Waals surface area contributed by atoms with Crippen molar-refractivity contribution in [2.45, 2.75) is 12.8 Å². The Balaban J connectivity index is 1.62. The van der Waals surface area contributed by atoms with Crippen LogP contribution in [0.4, 0.5) is 0 Å². The van der Waals surface area contributed by atoms with Crippen LogP contribution >= 0.6 is 0 Å². The smallest absolute Gasteiger partial charge is 0.270 e. The van der Waals surface area contributed by atoms with E-state index in [0.29, 0.717) is 18.8 Å². The average Bonchev–Trinajstić information content (AvgIpc) is 3.21. The first-order valence-electron chi connectivity index (χ1n) is 8.00. The number of hydrogen-bond donors (Lipinski definition) is 0. The van der Waals surface area contributed by atoms with Gasteiger partial charge in [-0.2, -0.15) is 0 Å². The topological polar surface area (TPSA) is 64.2 Å². The van der Waals surface area contributed by atoms with Gasteiger partial charge >= 0.3 is 0 Å². The molecule has 0 saturated heterocycles. The van der Waals surface area contributed by atoms with Crippen LogP contribution in [0.3, 0.4) is 0 Å². The van der Waals surface area contributed by atoms with E-state index in [1.54, 1.807) is 18.9 Å². The zero-order valence-electron chi connectivity index (χ0n) is 13.5. The second kappa shape index (κ2) is 5.96. The Morgan fingerprint density at radius 1 is 1.21 bits per heavy atom. The number of carbonyl (C=O) groups is 1. The fourth-order valence-electron chi connectivity index (χ4n) is 3.22. The zero-order chi connectivity index (χ0) is 16.5. The van der Waals surface area contributed by atoms with Gasteiger partial charge in [0.1, 0.15) is 12.0 Å². The lowest BCUT2D eigenvalue weighted by Gasteiger charge is -2.20. The summed E-state index contributed by atoms with van der Waals surface area (Å²) in [4.78, 5) is 23.5. The van der Waals surface area contributed by atoms with Crippen molar-refractivity contribution in [3.8, 4) is 11.3 Å². The molecule has 1 aliphatic heterocycles. The normalized spacial score (nSPS) is 14.3. The quantitative estimate of drug-likeness (QED) is 0.726. The lowest BCUT2D eigenvalue weighted by atomic mass is 10.0. The van der Waals surface area contributed by atoms with E-state index in [4.69, 9.17) is 4.42 Å². The molecule has 122 valence electrons. The van der Waals surface area contributed by atoms with Crippen LogP contribution in [0.1, 0.15) is 21.7 Å². The number of amides is 1. The Kier molecular flexibility index (Phi) is 3.65. The summed E-state index contributed by atoms with van der Waals surface area (Å²) in [7, 11) is 1.89. The molecule has 0 atom stereocenters. The molecule has 3 aromatic heterocycles. The van der Waals surface area contributed by atoms with Crippen molar-refractivity contribution in [3.63, 3.8) is 0 Å². The molecule has 3 aromatic rings. The van der Waals surface area contributed by atoms with Gasteiger partial charge in [-0.05, 0) is 24.6 Å². The van der Waals surface area contributed by atoms with Crippen molar-refractivity contribution < 1.29 is 9.21 Å². The predicted molar refractivity (Wildman–Crippen MR) is 88.5 cm³/mol. The van der Waals surface area contributed by atoms with Gasteiger partial charge in [0, 0.05) is 49.6 Å². The van der Waals surface area contributed by atoms with E-state index in [9.17, 15) is 4.79 Å². The molecule has 24 heavy (non-hydrogen) atoms. The summed E-state index contributed by atoms with van der Waals surface area (Å²) >= 11 is 0. The summed E-state index contributed by atoms with van der Waals surface area (Å²) in [6.45, 7) is 1.33. The van der Waals surface area contributed by atoms with E-state index in [2.05, 4.69) is 9.97 Å². The van der Waals surface area contributed by atoms with Gasteiger partial charge in [-0.3, -0.25) is 4.79 Å². The fourth-order valence-corrected chi connectivity index (χ4v) is 3.22. The van der Waals surface area contributed by atoms with Crippen LogP contribution in [0, 0.1) is 0 Å². The molecular weight excluding hydrogens is 304 g/mol. The van der Waals surface area contributed by atoms with Crippen molar-refractivity contribution in [2.75, 3.05) is 13.1 Å². The van der Waals surface area contributed by atoms with Gasteiger partial charge in [0.25, 0.3) is 5.91 Å². The minimum atomic E-state index is 0.0631. The van der Waals surface area contributed by atoms with Crippen LogP contribution in [0.5, 0.6) is 0 Å². The average molecular weight is 322 g/mol. The highest BCUT2D eigenvalue weighted by Crippen LogP contribution is 2.26. The molecule has 0 saturated carbocycles. The number of nitrogens with zero attached hydrogens (tertiary/aromatic N) is 4. The number of aromatic nitrogens is 3. The molecule has 0 unspecified atom stereocenters. The molecule has 6 nitrogen and oxygen atoms in total. The van der Waals surface area contributed by atoms with Gasteiger partial charge in [-0.15, -0.1) is 0 Å². The van der Waals surface area contributed by atoms with Gasteiger partial charge in [0.15, 0.2) is 0 Å². The monoisotopic (exact) mass is 322 g/mol. The van der Waals surface area contributed by atoms with E-state index >= 15 is 0 Å².